The minimum atomic E-state index is -4.47. The number of amides is 1. The van der Waals surface area contributed by atoms with Crippen LogP contribution in [0.1, 0.15) is 10.5 Å². The molecule has 1 heterocycles. The normalized spacial score (nSPS) is 11.1. The van der Waals surface area contributed by atoms with Crippen LogP contribution in [0.5, 0.6) is 0 Å². The Bertz CT molecular complexity index is 349. The van der Waals surface area contributed by atoms with Gasteiger partial charge in [0, 0.05) is 0 Å². The number of carbonyl (C=O) groups excluding carboxylic acids is 1. The molecule has 0 aliphatic rings. The molecule has 0 aromatic carbocycles. The second-order valence-electron chi connectivity index (χ2n) is 2.50. The summed E-state index contributed by atoms with van der Waals surface area (Å²) in [6.07, 6.45) is -3.53. The third kappa shape index (κ3) is 3.75. The number of anilines is 1. The monoisotopic (exact) mass is 221 g/mol. The Balaban J connectivity index is 2.58. The van der Waals surface area contributed by atoms with Crippen LogP contribution in [0.3, 0.4) is 0 Å². The van der Waals surface area contributed by atoms with E-state index in [-0.39, 0.29) is 11.6 Å². The number of hydrogen-bond acceptors (Lipinski definition) is 5. The van der Waals surface area contributed by atoms with Crippen molar-refractivity contribution in [3.63, 3.8) is 0 Å². The van der Waals surface area contributed by atoms with E-state index >= 15 is 0 Å². The molecule has 1 aromatic heterocycles. The summed E-state index contributed by atoms with van der Waals surface area (Å²) in [7, 11) is 0. The molecule has 0 unspecified atom stereocenters. The quantitative estimate of drug-likeness (QED) is 0.717. The lowest BCUT2D eigenvalue weighted by atomic mass is 10.4. The molecule has 6 nitrogen and oxygen atoms in total. The molecule has 0 saturated carbocycles. The van der Waals surface area contributed by atoms with Gasteiger partial charge in [0.15, 0.2) is 5.69 Å². The second-order valence-corrected chi connectivity index (χ2v) is 2.50. The van der Waals surface area contributed by atoms with Gasteiger partial charge in [-0.05, 0) is 0 Å². The molecule has 0 atom stereocenters. The van der Waals surface area contributed by atoms with Gasteiger partial charge in [-0.2, -0.15) is 13.2 Å². The van der Waals surface area contributed by atoms with Gasteiger partial charge in [0.25, 0.3) is 5.91 Å². The number of carbonyl (C=O) groups is 1. The van der Waals surface area contributed by atoms with Crippen molar-refractivity contribution in [3.8, 4) is 0 Å². The van der Waals surface area contributed by atoms with E-state index < -0.39 is 18.6 Å². The molecule has 0 bridgehead atoms. The van der Waals surface area contributed by atoms with E-state index in [0.717, 1.165) is 6.20 Å². The van der Waals surface area contributed by atoms with E-state index in [1.54, 1.807) is 5.32 Å². The molecule has 9 heteroatoms. The number of halogens is 3. The molecule has 0 aliphatic heterocycles. The van der Waals surface area contributed by atoms with Crippen molar-refractivity contribution >= 4 is 11.9 Å². The van der Waals surface area contributed by atoms with E-state index in [0.29, 0.717) is 0 Å². The van der Waals surface area contributed by atoms with Crippen LogP contribution in [0.2, 0.25) is 0 Å². The number of alkyl halides is 3. The number of nitrogens with one attached hydrogen (secondary N) is 1. The van der Waals surface area contributed by atoms with E-state index in [1.807, 2.05) is 0 Å². The van der Waals surface area contributed by atoms with Crippen molar-refractivity contribution in [2.45, 2.75) is 6.18 Å². The summed E-state index contributed by atoms with van der Waals surface area (Å²) >= 11 is 0. The number of nitrogens with zero attached hydrogens (tertiary/aromatic N) is 3. The Morgan fingerprint density at radius 2 is 2.13 bits per heavy atom. The Kier molecular flexibility index (Phi) is 3.02. The van der Waals surface area contributed by atoms with E-state index in [1.165, 1.54) is 0 Å². The fourth-order valence-corrected chi connectivity index (χ4v) is 0.659. The largest absolute Gasteiger partial charge is 0.405 e. The third-order valence-corrected chi connectivity index (χ3v) is 1.26. The Hall–Kier alpha value is -1.93. The molecule has 0 spiro atoms. The van der Waals surface area contributed by atoms with Crippen LogP contribution in [-0.2, 0) is 0 Å². The van der Waals surface area contributed by atoms with E-state index in [2.05, 4.69) is 15.2 Å². The zero-order valence-electron chi connectivity index (χ0n) is 7.25. The molecule has 3 N–H and O–H groups in total. The van der Waals surface area contributed by atoms with Crippen LogP contribution in [0, 0.1) is 0 Å². The predicted molar refractivity (Wildman–Crippen MR) is 42.6 cm³/mol. The fourth-order valence-electron chi connectivity index (χ4n) is 0.659. The second kappa shape index (κ2) is 4.07. The lowest BCUT2D eigenvalue weighted by Crippen LogP contribution is -2.34. The minimum Gasteiger partial charge on any atom is -0.366 e. The molecule has 0 radical (unpaired) electrons. The van der Waals surface area contributed by atoms with Crippen molar-refractivity contribution in [3.05, 3.63) is 11.9 Å². The molecule has 1 rings (SSSR count). The molecule has 1 aromatic rings. The van der Waals surface area contributed by atoms with Gasteiger partial charge in [0.1, 0.15) is 6.54 Å². The molecule has 0 fully saturated rings. The highest BCUT2D eigenvalue weighted by Crippen LogP contribution is 2.12. The lowest BCUT2D eigenvalue weighted by Gasteiger charge is -2.06. The van der Waals surface area contributed by atoms with Gasteiger partial charge >= 0.3 is 6.18 Å². The maximum absolute atomic E-state index is 11.7. The summed E-state index contributed by atoms with van der Waals surface area (Å²) < 4.78 is 35.1. The highest BCUT2D eigenvalue weighted by molar-refractivity contribution is 5.91. The van der Waals surface area contributed by atoms with Gasteiger partial charge in [0.2, 0.25) is 5.95 Å². The number of nitrogens with two attached hydrogens (primary N) is 1. The third-order valence-electron chi connectivity index (χ3n) is 1.26. The summed E-state index contributed by atoms with van der Waals surface area (Å²) in [6, 6.07) is 0. The Morgan fingerprint density at radius 1 is 1.47 bits per heavy atom. The highest BCUT2D eigenvalue weighted by Gasteiger charge is 2.28. The van der Waals surface area contributed by atoms with Gasteiger partial charge in [-0.25, -0.2) is 4.98 Å². The maximum atomic E-state index is 11.7. The average Bonchev–Trinajstić information content (AvgIpc) is 2.14. The summed E-state index contributed by atoms with van der Waals surface area (Å²) in [4.78, 5) is 14.4. The van der Waals surface area contributed by atoms with Crippen LogP contribution < -0.4 is 11.1 Å². The van der Waals surface area contributed by atoms with Crippen molar-refractivity contribution in [2.75, 3.05) is 12.3 Å². The smallest absolute Gasteiger partial charge is 0.366 e. The zero-order chi connectivity index (χ0) is 11.5. The van der Waals surface area contributed by atoms with E-state index in [4.69, 9.17) is 5.73 Å². The van der Waals surface area contributed by atoms with Crippen LogP contribution in [0.15, 0.2) is 6.20 Å². The van der Waals surface area contributed by atoms with Crippen LogP contribution in [0.4, 0.5) is 19.1 Å². The van der Waals surface area contributed by atoms with Gasteiger partial charge in [0.05, 0.1) is 6.20 Å². The minimum absolute atomic E-state index is 0.164. The molecule has 1 amide bonds. The number of aromatic nitrogens is 3. The molecule has 82 valence electrons. The van der Waals surface area contributed by atoms with E-state index in [9.17, 15) is 18.0 Å². The lowest BCUT2D eigenvalue weighted by molar-refractivity contribution is -0.123. The summed E-state index contributed by atoms with van der Waals surface area (Å²) in [5.41, 5.74) is 4.75. The van der Waals surface area contributed by atoms with Crippen molar-refractivity contribution in [1.29, 1.82) is 0 Å². The Morgan fingerprint density at radius 3 is 2.60 bits per heavy atom. The standard InChI is InChI=1S/C6H6F3N5O/c7-6(8,9)2-12-4(15)3-1-11-5(10)14-13-3/h1H,2H2,(H,12,15)(H2,10,11,14). The van der Waals surface area contributed by atoms with Gasteiger partial charge in [-0.15, -0.1) is 10.2 Å². The number of hydrogen-bond donors (Lipinski definition) is 2. The maximum Gasteiger partial charge on any atom is 0.405 e. The number of nitrogen functional groups attached to an aromatic ring is 1. The average molecular weight is 221 g/mol. The first kappa shape index (κ1) is 11.1. The summed E-state index contributed by atoms with van der Waals surface area (Å²) in [5, 5.41) is 8.09. The SMILES string of the molecule is Nc1ncc(C(=O)NCC(F)(F)F)nn1. The number of rotatable bonds is 2. The van der Waals surface area contributed by atoms with Crippen molar-refractivity contribution in [2.24, 2.45) is 0 Å². The Labute approximate surface area is 81.7 Å². The molecule has 0 saturated heterocycles. The van der Waals surface area contributed by atoms with Crippen LogP contribution in [0.25, 0.3) is 0 Å². The zero-order valence-corrected chi connectivity index (χ0v) is 7.25. The topological polar surface area (TPSA) is 93.8 Å². The molecular formula is C6H6F3N5O. The summed E-state index contributed by atoms with van der Waals surface area (Å²) in [6.45, 7) is -1.43. The molecule has 0 aliphatic carbocycles. The van der Waals surface area contributed by atoms with Crippen LogP contribution >= 0.6 is 0 Å². The van der Waals surface area contributed by atoms with Gasteiger partial charge < -0.3 is 11.1 Å². The van der Waals surface area contributed by atoms with Gasteiger partial charge in [-0.3, -0.25) is 4.79 Å². The van der Waals surface area contributed by atoms with Crippen LogP contribution in [-0.4, -0.2) is 33.8 Å². The van der Waals surface area contributed by atoms with Crippen molar-refractivity contribution in [1.82, 2.24) is 20.5 Å². The first-order chi connectivity index (χ1) is 6.88. The predicted octanol–water partition coefficient (Wildman–Crippen LogP) is -0.254. The fraction of sp³-hybridized carbons (Fsp3) is 0.333. The molecular weight excluding hydrogens is 215 g/mol. The van der Waals surface area contributed by atoms with Gasteiger partial charge in [-0.1, -0.05) is 0 Å². The van der Waals surface area contributed by atoms with Crippen molar-refractivity contribution < 1.29 is 18.0 Å². The first-order valence-electron chi connectivity index (χ1n) is 3.68. The summed E-state index contributed by atoms with van der Waals surface area (Å²) in [5.74, 6) is -1.17. The highest BCUT2D eigenvalue weighted by atomic mass is 19.4. The molecule has 15 heavy (non-hydrogen) atoms. The first-order valence-corrected chi connectivity index (χ1v) is 3.68.